The predicted molar refractivity (Wildman–Crippen MR) is 99.8 cm³/mol. The molecule has 1 aromatic rings. The number of aromatic amines is 2. The van der Waals surface area contributed by atoms with Gasteiger partial charge in [0.1, 0.15) is 0 Å². The molecule has 2 atom stereocenters. The van der Waals surface area contributed by atoms with Crippen molar-refractivity contribution in [3.05, 3.63) is 32.6 Å². The zero-order chi connectivity index (χ0) is 19.7. The highest BCUT2D eigenvalue weighted by Gasteiger charge is 2.53. The van der Waals surface area contributed by atoms with Gasteiger partial charge in [-0.05, 0) is 5.92 Å². The zero-order valence-corrected chi connectivity index (χ0v) is 15.9. The number of morpholine rings is 1. The lowest BCUT2D eigenvalue weighted by atomic mass is 9.82. The number of nitrogens with one attached hydrogen (secondary N) is 2. The first kappa shape index (κ1) is 19.3. The van der Waals surface area contributed by atoms with Crippen LogP contribution in [0.15, 0.2) is 15.7 Å². The van der Waals surface area contributed by atoms with Gasteiger partial charge in [-0.25, -0.2) is 4.79 Å². The highest BCUT2D eigenvalue weighted by Crippen LogP contribution is 2.42. The minimum absolute atomic E-state index is 0.0153. The van der Waals surface area contributed by atoms with Crippen molar-refractivity contribution in [2.45, 2.75) is 6.54 Å². The van der Waals surface area contributed by atoms with Crippen molar-refractivity contribution in [3.63, 3.8) is 0 Å². The molecule has 28 heavy (non-hydrogen) atoms. The summed E-state index contributed by atoms with van der Waals surface area (Å²) < 4.78 is 5.33. The number of carbonyl (C=O) groups is 1. The second-order valence-electron chi connectivity index (χ2n) is 8.16. The van der Waals surface area contributed by atoms with Crippen molar-refractivity contribution >= 4 is 5.91 Å². The summed E-state index contributed by atoms with van der Waals surface area (Å²) in [5, 5.41) is 10.1. The third-order valence-corrected chi connectivity index (χ3v) is 6.17. The molecular weight excluding hydrogens is 366 g/mol. The molecular formula is C18H27N5O5. The Morgan fingerprint density at radius 3 is 2.64 bits per heavy atom. The highest BCUT2D eigenvalue weighted by atomic mass is 16.5. The number of aliphatic hydroxyl groups is 1. The van der Waals surface area contributed by atoms with E-state index in [1.54, 1.807) is 0 Å². The molecule has 4 rings (SSSR count). The number of nitrogens with zero attached hydrogens (tertiary/aromatic N) is 3. The van der Waals surface area contributed by atoms with Gasteiger partial charge in [-0.3, -0.25) is 24.4 Å². The molecule has 10 heteroatoms. The lowest BCUT2D eigenvalue weighted by Gasteiger charge is -2.30. The van der Waals surface area contributed by atoms with Gasteiger partial charge in [-0.15, -0.1) is 0 Å². The van der Waals surface area contributed by atoms with Crippen molar-refractivity contribution in [2.24, 2.45) is 11.3 Å². The van der Waals surface area contributed by atoms with Gasteiger partial charge >= 0.3 is 5.69 Å². The fourth-order valence-electron chi connectivity index (χ4n) is 4.72. The number of hydrogen-bond donors (Lipinski definition) is 3. The van der Waals surface area contributed by atoms with Gasteiger partial charge in [0.15, 0.2) is 0 Å². The number of carbonyl (C=O) groups excluding carboxylic acids is 1. The van der Waals surface area contributed by atoms with Crippen molar-refractivity contribution in [3.8, 4) is 0 Å². The fraction of sp³-hybridized carbons (Fsp3) is 0.722. The molecule has 10 nitrogen and oxygen atoms in total. The number of amides is 1. The van der Waals surface area contributed by atoms with Crippen LogP contribution in [0.4, 0.5) is 0 Å². The standard InChI is InChI=1S/C18H27N5O5/c24-12-18-10-22(8-14-5-15(25)20-17(27)19-14)6-13(18)7-23(11-18)16(26)9-21-1-3-28-4-2-21/h5,13,24H,1-4,6-12H2,(H2,19,20,25,27)/t13-,18+/m0/s1. The summed E-state index contributed by atoms with van der Waals surface area (Å²) in [6.07, 6.45) is 0. The molecule has 0 aromatic carbocycles. The first-order valence-corrected chi connectivity index (χ1v) is 9.71. The molecule has 154 valence electrons. The van der Waals surface area contributed by atoms with E-state index in [9.17, 15) is 19.5 Å². The number of aliphatic hydroxyl groups excluding tert-OH is 1. The second kappa shape index (κ2) is 7.78. The summed E-state index contributed by atoms with van der Waals surface area (Å²) in [6.45, 7) is 6.25. The molecule has 0 radical (unpaired) electrons. The Morgan fingerprint density at radius 2 is 1.96 bits per heavy atom. The monoisotopic (exact) mass is 393 g/mol. The van der Waals surface area contributed by atoms with Crippen molar-refractivity contribution in [1.82, 2.24) is 24.7 Å². The van der Waals surface area contributed by atoms with E-state index in [1.165, 1.54) is 6.07 Å². The van der Waals surface area contributed by atoms with Gasteiger partial charge < -0.3 is 19.7 Å². The molecule has 3 fully saturated rings. The van der Waals surface area contributed by atoms with Crippen LogP contribution in [0.1, 0.15) is 5.69 Å². The maximum atomic E-state index is 12.7. The third kappa shape index (κ3) is 3.90. The SMILES string of the molecule is O=C(CN1CCOCC1)N1C[C@@H]2CN(Cc3cc(=O)[nH]c(=O)[nH]3)C[C@]2(CO)C1. The maximum absolute atomic E-state index is 12.7. The Kier molecular flexibility index (Phi) is 5.37. The summed E-state index contributed by atoms with van der Waals surface area (Å²) in [6, 6.07) is 1.39. The van der Waals surface area contributed by atoms with E-state index in [4.69, 9.17) is 4.74 Å². The molecule has 0 saturated carbocycles. The number of fused-ring (bicyclic) bond motifs is 1. The normalized spacial score (nSPS) is 28.6. The minimum atomic E-state index is -0.515. The quantitative estimate of drug-likeness (QED) is 0.512. The summed E-state index contributed by atoms with van der Waals surface area (Å²) in [5.74, 6) is 0.287. The van der Waals surface area contributed by atoms with E-state index >= 15 is 0 Å². The van der Waals surface area contributed by atoms with Crippen molar-refractivity contribution in [1.29, 1.82) is 0 Å². The molecule has 3 saturated heterocycles. The van der Waals surface area contributed by atoms with Crippen LogP contribution in [0.3, 0.4) is 0 Å². The molecule has 0 bridgehead atoms. The van der Waals surface area contributed by atoms with E-state index in [-0.39, 0.29) is 23.8 Å². The minimum Gasteiger partial charge on any atom is -0.396 e. The summed E-state index contributed by atoms with van der Waals surface area (Å²) in [7, 11) is 0. The van der Waals surface area contributed by atoms with Crippen LogP contribution >= 0.6 is 0 Å². The van der Waals surface area contributed by atoms with Crippen molar-refractivity contribution < 1.29 is 14.6 Å². The summed E-state index contributed by atoms with van der Waals surface area (Å²) in [4.78, 5) is 46.6. The van der Waals surface area contributed by atoms with Crippen LogP contribution in [-0.4, -0.2) is 101 Å². The Hall–Kier alpha value is -2.01. The van der Waals surface area contributed by atoms with Gasteiger partial charge in [0.05, 0.1) is 26.4 Å². The topological polar surface area (TPSA) is 122 Å². The van der Waals surface area contributed by atoms with Crippen LogP contribution in [0.25, 0.3) is 0 Å². The molecule has 0 unspecified atom stereocenters. The molecule has 3 aliphatic rings. The first-order valence-electron chi connectivity index (χ1n) is 9.71. The van der Waals surface area contributed by atoms with E-state index in [0.29, 0.717) is 51.6 Å². The average Bonchev–Trinajstić information content (AvgIpc) is 3.16. The molecule has 0 aliphatic carbocycles. The van der Waals surface area contributed by atoms with E-state index < -0.39 is 11.2 Å². The lowest BCUT2D eigenvalue weighted by Crippen LogP contribution is -2.45. The van der Waals surface area contributed by atoms with E-state index in [2.05, 4.69) is 19.8 Å². The first-order chi connectivity index (χ1) is 13.5. The number of likely N-dealkylation sites (tertiary alicyclic amines) is 2. The Morgan fingerprint density at radius 1 is 1.18 bits per heavy atom. The summed E-state index contributed by atoms with van der Waals surface area (Å²) in [5.41, 5.74) is -0.724. The molecule has 3 aliphatic heterocycles. The van der Waals surface area contributed by atoms with Crippen LogP contribution < -0.4 is 11.2 Å². The van der Waals surface area contributed by atoms with Gasteiger partial charge in [-0.2, -0.15) is 0 Å². The fourth-order valence-corrected chi connectivity index (χ4v) is 4.72. The van der Waals surface area contributed by atoms with E-state index in [1.807, 2.05) is 4.90 Å². The largest absolute Gasteiger partial charge is 0.396 e. The van der Waals surface area contributed by atoms with Crippen molar-refractivity contribution in [2.75, 3.05) is 65.6 Å². The molecule has 1 aromatic heterocycles. The lowest BCUT2D eigenvalue weighted by molar-refractivity contribution is -0.133. The Labute approximate surface area is 162 Å². The number of rotatable bonds is 5. The molecule has 0 spiro atoms. The predicted octanol–water partition coefficient (Wildman–Crippen LogP) is -2.35. The zero-order valence-electron chi connectivity index (χ0n) is 15.9. The molecule has 3 N–H and O–H groups in total. The highest BCUT2D eigenvalue weighted by molar-refractivity contribution is 5.78. The third-order valence-electron chi connectivity index (χ3n) is 6.17. The van der Waals surface area contributed by atoms with Crippen LogP contribution in [0, 0.1) is 11.3 Å². The summed E-state index contributed by atoms with van der Waals surface area (Å²) >= 11 is 0. The van der Waals surface area contributed by atoms with Crippen LogP contribution in [0.5, 0.6) is 0 Å². The maximum Gasteiger partial charge on any atom is 0.325 e. The molecule has 4 heterocycles. The van der Waals surface area contributed by atoms with Gasteiger partial charge in [0.2, 0.25) is 5.91 Å². The average molecular weight is 393 g/mol. The van der Waals surface area contributed by atoms with Crippen LogP contribution in [-0.2, 0) is 16.1 Å². The number of ether oxygens (including phenoxy) is 1. The smallest absolute Gasteiger partial charge is 0.325 e. The van der Waals surface area contributed by atoms with Gasteiger partial charge in [0, 0.05) is 63.0 Å². The Balaban J connectivity index is 1.38. The molecule has 1 amide bonds. The van der Waals surface area contributed by atoms with Gasteiger partial charge in [0.25, 0.3) is 5.56 Å². The van der Waals surface area contributed by atoms with Gasteiger partial charge in [-0.1, -0.05) is 0 Å². The number of hydrogen-bond acceptors (Lipinski definition) is 7. The Bertz CT molecular complexity index is 804. The number of aromatic nitrogens is 2. The second-order valence-corrected chi connectivity index (χ2v) is 8.16. The van der Waals surface area contributed by atoms with Crippen LogP contribution in [0.2, 0.25) is 0 Å². The van der Waals surface area contributed by atoms with E-state index in [0.717, 1.165) is 19.6 Å². The number of H-pyrrole nitrogens is 2.